The van der Waals surface area contributed by atoms with E-state index >= 15 is 0 Å². The maximum atomic E-state index is 12.8. The molecule has 0 aliphatic carbocycles. The van der Waals surface area contributed by atoms with Gasteiger partial charge < -0.3 is 19.8 Å². The van der Waals surface area contributed by atoms with Crippen LogP contribution in [0.2, 0.25) is 0 Å². The van der Waals surface area contributed by atoms with E-state index in [9.17, 15) is 18.0 Å². The third-order valence-electron chi connectivity index (χ3n) is 4.78. The predicted octanol–water partition coefficient (Wildman–Crippen LogP) is -0.549. The Kier molecular flexibility index (Phi) is 5.09. The van der Waals surface area contributed by atoms with Crippen LogP contribution < -0.4 is 10.6 Å². The Labute approximate surface area is 152 Å². The van der Waals surface area contributed by atoms with E-state index in [4.69, 9.17) is 9.15 Å². The number of hydrogen-bond acceptors (Lipinski definition) is 6. The molecule has 2 aliphatic heterocycles. The molecule has 0 radical (unpaired) electrons. The van der Waals surface area contributed by atoms with Gasteiger partial charge in [-0.25, -0.2) is 8.42 Å². The number of morpholine rings is 1. The molecular formula is C16H23N3O6S. The lowest BCUT2D eigenvalue weighted by molar-refractivity contribution is -0.163. The number of nitrogens with one attached hydrogen (secondary N) is 2. The van der Waals surface area contributed by atoms with Crippen molar-refractivity contribution in [3.63, 3.8) is 0 Å². The lowest BCUT2D eigenvalue weighted by Gasteiger charge is -2.36. The Morgan fingerprint density at radius 3 is 2.88 bits per heavy atom. The van der Waals surface area contributed by atoms with Gasteiger partial charge in [0.2, 0.25) is 15.9 Å². The van der Waals surface area contributed by atoms with Gasteiger partial charge in [-0.15, -0.1) is 0 Å². The molecule has 9 nitrogen and oxygen atoms in total. The average molecular weight is 385 g/mol. The third kappa shape index (κ3) is 3.24. The molecule has 1 aromatic rings. The molecule has 2 atom stereocenters. The van der Waals surface area contributed by atoms with Gasteiger partial charge >= 0.3 is 0 Å². The minimum atomic E-state index is -3.63. The lowest BCUT2D eigenvalue weighted by atomic mass is 9.88. The topological polar surface area (TPSA) is 118 Å². The zero-order valence-corrected chi connectivity index (χ0v) is 15.5. The van der Waals surface area contributed by atoms with E-state index in [0.29, 0.717) is 12.3 Å². The van der Waals surface area contributed by atoms with Gasteiger partial charge in [0.15, 0.2) is 5.60 Å². The van der Waals surface area contributed by atoms with Gasteiger partial charge in [0, 0.05) is 13.1 Å². The van der Waals surface area contributed by atoms with E-state index in [0.717, 1.165) is 0 Å². The number of rotatable bonds is 5. The zero-order chi connectivity index (χ0) is 18.9. The number of furan rings is 1. The molecule has 144 valence electrons. The summed E-state index contributed by atoms with van der Waals surface area (Å²) in [5.41, 5.74) is -1.51. The van der Waals surface area contributed by atoms with E-state index in [2.05, 4.69) is 10.6 Å². The molecule has 2 aliphatic rings. The second-order valence-electron chi connectivity index (χ2n) is 6.73. The van der Waals surface area contributed by atoms with Crippen molar-refractivity contribution in [2.45, 2.75) is 31.2 Å². The minimum Gasteiger partial charge on any atom is -0.467 e. The van der Waals surface area contributed by atoms with Crippen LogP contribution in [0.5, 0.6) is 0 Å². The molecule has 10 heteroatoms. The Morgan fingerprint density at radius 2 is 2.27 bits per heavy atom. The maximum Gasteiger partial charge on any atom is 0.254 e. The quantitative estimate of drug-likeness (QED) is 0.702. The van der Waals surface area contributed by atoms with Crippen molar-refractivity contribution < 1.29 is 27.2 Å². The zero-order valence-electron chi connectivity index (χ0n) is 14.7. The van der Waals surface area contributed by atoms with Crippen molar-refractivity contribution in [3.8, 4) is 0 Å². The van der Waals surface area contributed by atoms with Crippen molar-refractivity contribution in [2.24, 2.45) is 5.92 Å². The molecular weight excluding hydrogens is 362 g/mol. The first-order valence-electron chi connectivity index (χ1n) is 8.48. The largest absolute Gasteiger partial charge is 0.467 e. The van der Waals surface area contributed by atoms with Gasteiger partial charge in [-0.2, -0.15) is 4.31 Å². The van der Waals surface area contributed by atoms with Crippen molar-refractivity contribution in [3.05, 3.63) is 24.2 Å². The van der Waals surface area contributed by atoms with Crippen molar-refractivity contribution >= 4 is 21.8 Å². The molecule has 26 heavy (non-hydrogen) atoms. The monoisotopic (exact) mass is 385 g/mol. The van der Waals surface area contributed by atoms with Gasteiger partial charge in [0.05, 0.1) is 37.1 Å². The van der Waals surface area contributed by atoms with Crippen LogP contribution in [0, 0.1) is 5.92 Å². The first-order valence-corrected chi connectivity index (χ1v) is 9.99. The SMILES string of the molecule is CC(C)S(=O)(=O)N1C[C@H](C(=O)NCc2ccco2)[C@@]2(C1)OCCNC2=O. The molecule has 3 heterocycles. The Balaban J connectivity index is 1.84. The van der Waals surface area contributed by atoms with Gasteiger partial charge in [0.1, 0.15) is 5.76 Å². The summed E-state index contributed by atoms with van der Waals surface area (Å²) in [4.78, 5) is 25.3. The van der Waals surface area contributed by atoms with E-state index in [-0.39, 0.29) is 26.2 Å². The summed E-state index contributed by atoms with van der Waals surface area (Å²) in [7, 11) is -3.63. The fraction of sp³-hybridized carbons (Fsp3) is 0.625. The van der Waals surface area contributed by atoms with Crippen molar-refractivity contribution in [1.29, 1.82) is 0 Å². The molecule has 1 aromatic heterocycles. The molecule has 0 unspecified atom stereocenters. The molecule has 2 fully saturated rings. The summed E-state index contributed by atoms with van der Waals surface area (Å²) >= 11 is 0. The second-order valence-corrected chi connectivity index (χ2v) is 9.22. The average Bonchev–Trinajstić information content (AvgIpc) is 3.24. The van der Waals surface area contributed by atoms with Crippen LogP contribution in [0.15, 0.2) is 22.8 Å². The first-order chi connectivity index (χ1) is 12.3. The highest BCUT2D eigenvalue weighted by molar-refractivity contribution is 7.89. The normalized spacial score (nSPS) is 27.0. The first kappa shape index (κ1) is 18.9. The van der Waals surface area contributed by atoms with Crippen LogP contribution in [0.25, 0.3) is 0 Å². The molecule has 3 rings (SSSR count). The lowest BCUT2D eigenvalue weighted by Crippen LogP contribution is -2.62. The summed E-state index contributed by atoms with van der Waals surface area (Å²) in [6.07, 6.45) is 1.49. The molecule has 2 amide bonds. The number of sulfonamides is 1. The van der Waals surface area contributed by atoms with E-state index in [1.807, 2.05) is 0 Å². The highest BCUT2D eigenvalue weighted by Crippen LogP contribution is 2.35. The Morgan fingerprint density at radius 1 is 1.50 bits per heavy atom. The van der Waals surface area contributed by atoms with Crippen molar-refractivity contribution in [2.75, 3.05) is 26.2 Å². The molecule has 0 bridgehead atoms. The summed E-state index contributed by atoms with van der Waals surface area (Å²) in [6, 6.07) is 3.41. The molecule has 2 N–H and O–H groups in total. The molecule has 1 spiro atoms. The van der Waals surface area contributed by atoms with Gasteiger partial charge in [0.25, 0.3) is 5.91 Å². The van der Waals surface area contributed by atoms with Crippen LogP contribution in [-0.2, 0) is 30.9 Å². The van der Waals surface area contributed by atoms with Crippen molar-refractivity contribution in [1.82, 2.24) is 14.9 Å². The number of nitrogens with zero attached hydrogens (tertiary/aromatic N) is 1. The number of carbonyl (C=O) groups excluding carboxylic acids is 2. The van der Waals surface area contributed by atoms with Gasteiger partial charge in [-0.05, 0) is 26.0 Å². The van der Waals surface area contributed by atoms with Gasteiger partial charge in [-0.1, -0.05) is 0 Å². The summed E-state index contributed by atoms with van der Waals surface area (Å²) < 4.78 is 37.2. The molecule has 0 saturated carbocycles. The van der Waals surface area contributed by atoms with Gasteiger partial charge in [-0.3, -0.25) is 9.59 Å². The van der Waals surface area contributed by atoms with Crippen LogP contribution in [-0.4, -0.2) is 61.6 Å². The summed E-state index contributed by atoms with van der Waals surface area (Å²) in [6.45, 7) is 3.57. The van der Waals surface area contributed by atoms with E-state index in [1.165, 1.54) is 10.6 Å². The Bertz CT molecular complexity index is 776. The molecule has 0 aromatic carbocycles. The summed E-state index contributed by atoms with van der Waals surface area (Å²) in [5.74, 6) is -1.28. The number of carbonyl (C=O) groups is 2. The fourth-order valence-electron chi connectivity index (χ4n) is 3.27. The fourth-order valence-corrected chi connectivity index (χ4v) is 4.60. The third-order valence-corrected chi connectivity index (χ3v) is 6.97. The van der Waals surface area contributed by atoms with E-state index in [1.54, 1.807) is 26.0 Å². The highest BCUT2D eigenvalue weighted by Gasteiger charge is 2.59. The maximum absolute atomic E-state index is 12.8. The number of amides is 2. The minimum absolute atomic E-state index is 0.0993. The Hall–Kier alpha value is -1.91. The number of ether oxygens (including phenoxy) is 1. The van der Waals surface area contributed by atoms with Crippen LogP contribution in [0.4, 0.5) is 0 Å². The summed E-state index contributed by atoms with van der Waals surface area (Å²) in [5, 5.41) is 4.74. The molecule has 2 saturated heterocycles. The highest BCUT2D eigenvalue weighted by atomic mass is 32.2. The van der Waals surface area contributed by atoms with Crippen LogP contribution >= 0.6 is 0 Å². The standard InChI is InChI=1S/C16H23N3O6S/c1-11(2)26(22,23)19-9-13(14(20)18-8-12-4-3-6-24-12)16(10-19)15(21)17-5-7-25-16/h3-4,6,11,13H,5,7-10H2,1-2H3,(H,17,21)(H,18,20)/t13-,16-/m1/s1. The predicted molar refractivity (Wildman–Crippen MR) is 91.4 cm³/mol. The smallest absolute Gasteiger partial charge is 0.254 e. The van der Waals surface area contributed by atoms with Crippen LogP contribution in [0.1, 0.15) is 19.6 Å². The second kappa shape index (κ2) is 7.01. The van der Waals surface area contributed by atoms with Crippen LogP contribution in [0.3, 0.4) is 0 Å². The number of hydrogen-bond donors (Lipinski definition) is 2. The van der Waals surface area contributed by atoms with E-state index < -0.39 is 38.6 Å².